The number of halogens is 1. The van der Waals surface area contributed by atoms with Crippen LogP contribution in [-0.2, 0) is 16.8 Å². The highest BCUT2D eigenvalue weighted by molar-refractivity contribution is 8.18. The minimum atomic E-state index is -0.550. The van der Waals surface area contributed by atoms with Gasteiger partial charge in [0.05, 0.1) is 4.91 Å². The number of nitrogens with zero attached hydrogens (tertiary/aromatic N) is 1. The Morgan fingerprint density at radius 1 is 0.949 bits per heavy atom. The van der Waals surface area contributed by atoms with Crippen LogP contribution in [-0.4, -0.2) is 16.2 Å². The molecule has 1 aliphatic heterocycles. The topological polar surface area (TPSA) is 61.7 Å². The number of thioether (sulfide) groups is 1. The maximum Gasteiger partial charge on any atom is 0.286 e. The number of carbonyl (C=O) groups is 1. The largest absolute Gasteiger partial charge is 0.505 e. The van der Waals surface area contributed by atoms with Crippen LogP contribution in [0.3, 0.4) is 0 Å². The molecule has 4 nitrogen and oxygen atoms in total. The van der Waals surface area contributed by atoms with Crippen LogP contribution in [0, 0.1) is 23.6 Å². The number of amidine groups is 1. The molecule has 6 heteroatoms. The Balaban J connectivity index is 1.14. The molecule has 4 saturated carbocycles. The molecule has 39 heavy (non-hydrogen) atoms. The predicted octanol–water partition coefficient (Wildman–Crippen LogP) is 7.43. The molecule has 198 valence electrons. The van der Waals surface area contributed by atoms with E-state index in [9.17, 15) is 9.90 Å². The van der Waals surface area contributed by atoms with Gasteiger partial charge in [0, 0.05) is 12.1 Å². The third-order valence-electron chi connectivity index (χ3n) is 9.10. The molecule has 3 aromatic carbocycles. The lowest BCUT2D eigenvalue weighted by molar-refractivity contribution is -0.113. The summed E-state index contributed by atoms with van der Waals surface area (Å²) in [4.78, 5) is 17.3. The Kier molecular flexibility index (Phi) is 6.11. The van der Waals surface area contributed by atoms with Gasteiger partial charge in [0.15, 0.2) is 16.7 Å². The summed E-state index contributed by atoms with van der Waals surface area (Å²) in [5.74, 6) is 1.13. The van der Waals surface area contributed by atoms with Crippen molar-refractivity contribution in [1.29, 1.82) is 0 Å². The van der Waals surface area contributed by atoms with Gasteiger partial charge in [-0.2, -0.15) is 4.99 Å². The van der Waals surface area contributed by atoms with Crippen molar-refractivity contribution in [2.45, 2.75) is 50.5 Å². The molecule has 5 aliphatic rings. The monoisotopic (exact) mass is 538 g/mol. The second kappa shape index (κ2) is 9.67. The fourth-order valence-electron chi connectivity index (χ4n) is 7.83. The predicted molar refractivity (Wildman–Crippen MR) is 155 cm³/mol. The molecule has 2 N–H and O–H groups in total. The molecular weight excluding hydrogens is 507 g/mol. The van der Waals surface area contributed by atoms with Gasteiger partial charge < -0.3 is 10.4 Å². The number of carbonyl (C=O) groups excluding carboxylic acids is 1. The molecule has 8 rings (SSSR count). The summed E-state index contributed by atoms with van der Waals surface area (Å²) in [5.41, 5.74) is 4.29. The molecule has 0 atom stereocenters. The van der Waals surface area contributed by atoms with E-state index in [0.29, 0.717) is 34.4 Å². The van der Waals surface area contributed by atoms with Crippen LogP contribution in [0.2, 0.25) is 0 Å². The van der Waals surface area contributed by atoms with E-state index in [2.05, 4.69) is 10.3 Å². The number of aliphatic imine (C=N–C) groups is 1. The Morgan fingerprint density at radius 2 is 1.67 bits per heavy atom. The number of benzene rings is 3. The smallest absolute Gasteiger partial charge is 0.286 e. The Bertz CT molecular complexity index is 1480. The van der Waals surface area contributed by atoms with Crippen LogP contribution >= 0.6 is 11.8 Å². The Morgan fingerprint density at radius 3 is 2.38 bits per heavy atom. The molecular formula is C33H31FN2O2S. The van der Waals surface area contributed by atoms with Gasteiger partial charge in [-0.3, -0.25) is 4.79 Å². The fraction of sp³-hybridized carbons (Fsp3) is 0.333. The normalized spacial score (nSPS) is 28.2. The Labute approximate surface area is 232 Å². The van der Waals surface area contributed by atoms with Gasteiger partial charge in [-0.15, -0.1) is 0 Å². The first kappa shape index (κ1) is 24.6. The van der Waals surface area contributed by atoms with Crippen molar-refractivity contribution in [2.75, 3.05) is 0 Å². The second-order valence-electron chi connectivity index (χ2n) is 11.8. The zero-order chi connectivity index (χ0) is 26.6. The zero-order valence-electron chi connectivity index (χ0n) is 21.7. The van der Waals surface area contributed by atoms with Crippen LogP contribution in [0.4, 0.5) is 4.39 Å². The molecule has 4 fully saturated rings. The molecule has 4 aliphatic carbocycles. The lowest BCUT2D eigenvalue weighted by Crippen LogP contribution is -2.48. The van der Waals surface area contributed by atoms with Gasteiger partial charge in [0.1, 0.15) is 0 Å². The zero-order valence-corrected chi connectivity index (χ0v) is 22.5. The van der Waals surface area contributed by atoms with E-state index in [1.165, 1.54) is 37.1 Å². The van der Waals surface area contributed by atoms with Crippen LogP contribution in [0.1, 0.15) is 55.2 Å². The number of phenols is 1. The lowest BCUT2D eigenvalue weighted by Gasteiger charge is -2.57. The third kappa shape index (κ3) is 4.69. The molecule has 0 radical (unpaired) electrons. The average molecular weight is 539 g/mol. The van der Waals surface area contributed by atoms with Crippen molar-refractivity contribution in [3.05, 3.63) is 94.1 Å². The number of aromatic hydroxyl groups is 1. The van der Waals surface area contributed by atoms with Crippen molar-refractivity contribution in [3.8, 4) is 16.9 Å². The van der Waals surface area contributed by atoms with Crippen LogP contribution in [0.5, 0.6) is 5.75 Å². The number of nitrogens with one attached hydrogen (secondary N) is 1. The molecule has 0 unspecified atom stereocenters. The van der Waals surface area contributed by atoms with Gasteiger partial charge in [-0.05, 0) is 120 Å². The van der Waals surface area contributed by atoms with Crippen molar-refractivity contribution in [2.24, 2.45) is 22.7 Å². The summed E-state index contributed by atoms with van der Waals surface area (Å²) in [5, 5.41) is 14.7. The molecule has 0 aromatic heterocycles. The molecule has 3 aromatic rings. The SMILES string of the molecule is O=C1N=C(NCc2ccccc2)SC1=Cc1cccc(-c2cc(F)c(O)c(C34CC5CC(CC(C5)C3)C4)c2)c1. The summed E-state index contributed by atoms with van der Waals surface area (Å²) in [7, 11) is 0. The fourth-order valence-corrected chi connectivity index (χ4v) is 8.64. The molecule has 0 saturated heterocycles. The number of rotatable bonds is 5. The summed E-state index contributed by atoms with van der Waals surface area (Å²) in [6, 6.07) is 21.3. The van der Waals surface area contributed by atoms with E-state index in [-0.39, 0.29) is 17.1 Å². The lowest BCUT2D eigenvalue weighted by atomic mass is 9.48. The molecule has 4 bridgehead atoms. The number of hydrogen-bond donors (Lipinski definition) is 2. The summed E-state index contributed by atoms with van der Waals surface area (Å²) in [6.45, 7) is 0.598. The highest BCUT2D eigenvalue weighted by Crippen LogP contribution is 2.62. The second-order valence-corrected chi connectivity index (χ2v) is 12.9. The molecule has 1 amide bonds. The van der Waals surface area contributed by atoms with Crippen molar-refractivity contribution < 1.29 is 14.3 Å². The quantitative estimate of drug-likeness (QED) is 0.332. The summed E-state index contributed by atoms with van der Waals surface area (Å²) >= 11 is 1.33. The number of hydrogen-bond acceptors (Lipinski definition) is 4. The first-order chi connectivity index (χ1) is 18.9. The van der Waals surface area contributed by atoms with Crippen molar-refractivity contribution in [3.63, 3.8) is 0 Å². The van der Waals surface area contributed by atoms with E-state index in [0.717, 1.165) is 47.1 Å². The van der Waals surface area contributed by atoms with Crippen LogP contribution in [0.15, 0.2) is 76.6 Å². The number of phenolic OH excluding ortho intramolecular Hbond substituents is 1. The van der Waals surface area contributed by atoms with E-state index >= 15 is 4.39 Å². The van der Waals surface area contributed by atoms with Crippen LogP contribution < -0.4 is 5.32 Å². The third-order valence-corrected chi connectivity index (χ3v) is 10.0. The van der Waals surface area contributed by atoms with Gasteiger partial charge >= 0.3 is 0 Å². The minimum Gasteiger partial charge on any atom is -0.505 e. The molecule has 0 spiro atoms. The van der Waals surface area contributed by atoms with Crippen LogP contribution in [0.25, 0.3) is 17.2 Å². The first-order valence-corrected chi connectivity index (χ1v) is 14.7. The van der Waals surface area contributed by atoms with Gasteiger partial charge in [0.25, 0.3) is 5.91 Å². The number of amides is 1. The van der Waals surface area contributed by atoms with E-state index < -0.39 is 5.82 Å². The average Bonchev–Trinajstić information content (AvgIpc) is 3.27. The van der Waals surface area contributed by atoms with Gasteiger partial charge in [-0.25, -0.2) is 4.39 Å². The maximum atomic E-state index is 15.2. The minimum absolute atomic E-state index is 0.108. The highest BCUT2D eigenvalue weighted by atomic mass is 32.2. The van der Waals surface area contributed by atoms with E-state index in [1.807, 2.05) is 66.7 Å². The Hall–Kier alpha value is -3.38. The van der Waals surface area contributed by atoms with Gasteiger partial charge in [-0.1, -0.05) is 48.5 Å². The van der Waals surface area contributed by atoms with E-state index in [1.54, 1.807) is 0 Å². The summed E-state index contributed by atoms with van der Waals surface area (Å²) in [6.07, 6.45) is 8.90. The van der Waals surface area contributed by atoms with Crippen molar-refractivity contribution in [1.82, 2.24) is 5.32 Å². The molecule has 1 heterocycles. The standard InChI is InChI=1S/C33H31FN2O2S/c34-28-15-26(14-27(30(28)37)33-16-22-9-23(17-33)11-24(10-22)18-33)25-8-4-7-21(12-25)13-29-31(38)36-32(39-29)35-19-20-5-2-1-3-6-20/h1-8,12-15,22-24,37H,9-11,16-19H2,(H,35,36,38). The van der Waals surface area contributed by atoms with Crippen molar-refractivity contribution >= 4 is 28.9 Å². The maximum absolute atomic E-state index is 15.2. The summed E-state index contributed by atoms with van der Waals surface area (Å²) < 4.78 is 15.2. The highest BCUT2D eigenvalue weighted by Gasteiger charge is 2.52. The first-order valence-electron chi connectivity index (χ1n) is 13.9. The van der Waals surface area contributed by atoms with Gasteiger partial charge in [0.2, 0.25) is 0 Å². The van der Waals surface area contributed by atoms with E-state index in [4.69, 9.17) is 0 Å².